The maximum Gasteiger partial charge on any atom is 0.410 e. The molecular weight excluding hydrogens is 350 g/mol. The molecule has 27 heavy (non-hydrogen) atoms. The van der Waals surface area contributed by atoms with Gasteiger partial charge in [-0.3, -0.25) is 0 Å². The summed E-state index contributed by atoms with van der Waals surface area (Å²) >= 11 is 0. The van der Waals surface area contributed by atoms with Crippen LogP contribution in [0, 0.1) is 0 Å². The fourth-order valence-electron chi connectivity index (χ4n) is 3.53. The van der Waals surface area contributed by atoms with Gasteiger partial charge in [-0.05, 0) is 46.1 Å². The van der Waals surface area contributed by atoms with Crippen molar-refractivity contribution in [3.63, 3.8) is 0 Å². The SMILES string of the molecule is C=CC(=O)O[C@](C=C)(CCC1OCCO1)[C@@H]1CCCN1C(=O)OC(C)(C)C. The van der Waals surface area contributed by atoms with Gasteiger partial charge in [0, 0.05) is 19.0 Å². The maximum absolute atomic E-state index is 12.7. The molecule has 2 heterocycles. The van der Waals surface area contributed by atoms with E-state index in [1.54, 1.807) is 11.0 Å². The molecule has 2 fully saturated rings. The van der Waals surface area contributed by atoms with Crippen LogP contribution in [-0.2, 0) is 23.7 Å². The van der Waals surface area contributed by atoms with E-state index in [1.165, 1.54) is 0 Å². The third-order valence-electron chi connectivity index (χ3n) is 4.71. The van der Waals surface area contributed by atoms with Gasteiger partial charge in [0.1, 0.15) is 5.60 Å². The summed E-state index contributed by atoms with van der Waals surface area (Å²) in [6.07, 6.45) is 4.38. The van der Waals surface area contributed by atoms with Crippen LogP contribution in [0.2, 0.25) is 0 Å². The highest BCUT2D eigenvalue weighted by atomic mass is 16.7. The van der Waals surface area contributed by atoms with Crippen molar-refractivity contribution in [1.29, 1.82) is 0 Å². The van der Waals surface area contributed by atoms with Gasteiger partial charge in [-0.25, -0.2) is 9.59 Å². The number of amides is 1. The lowest BCUT2D eigenvalue weighted by Crippen LogP contribution is -2.54. The van der Waals surface area contributed by atoms with E-state index in [4.69, 9.17) is 18.9 Å². The highest BCUT2D eigenvalue weighted by Crippen LogP contribution is 2.36. The van der Waals surface area contributed by atoms with Crippen molar-refractivity contribution in [1.82, 2.24) is 4.90 Å². The van der Waals surface area contributed by atoms with Crippen molar-refractivity contribution in [2.45, 2.75) is 70.0 Å². The van der Waals surface area contributed by atoms with Gasteiger partial charge < -0.3 is 23.8 Å². The maximum atomic E-state index is 12.7. The summed E-state index contributed by atoms with van der Waals surface area (Å²) in [6.45, 7) is 14.5. The smallest absolute Gasteiger partial charge is 0.410 e. The van der Waals surface area contributed by atoms with E-state index in [9.17, 15) is 9.59 Å². The first-order chi connectivity index (χ1) is 12.7. The van der Waals surface area contributed by atoms with Crippen LogP contribution in [-0.4, -0.2) is 60.3 Å². The van der Waals surface area contributed by atoms with Gasteiger partial charge in [-0.2, -0.15) is 0 Å². The first kappa shape index (κ1) is 21.4. The average molecular weight is 381 g/mol. The number of hydrogen-bond acceptors (Lipinski definition) is 6. The van der Waals surface area contributed by atoms with E-state index in [0.717, 1.165) is 12.5 Å². The number of esters is 1. The molecule has 152 valence electrons. The molecule has 2 atom stereocenters. The molecule has 7 nitrogen and oxygen atoms in total. The summed E-state index contributed by atoms with van der Waals surface area (Å²) in [5.74, 6) is -0.556. The Morgan fingerprint density at radius 2 is 1.85 bits per heavy atom. The molecule has 0 saturated carbocycles. The molecule has 2 aliphatic heterocycles. The Kier molecular flexibility index (Phi) is 7.06. The quantitative estimate of drug-likeness (QED) is 0.383. The van der Waals surface area contributed by atoms with Crippen LogP contribution in [0.3, 0.4) is 0 Å². The molecule has 0 N–H and O–H groups in total. The molecule has 0 radical (unpaired) electrons. The van der Waals surface area contributed by atoms with Crippen molar-refractivity contribution in [2.24, 2.45) is 0 Å². The lowest BCUT2D eigenvalue weighted by atomic mass is 9.87. The molecule has 1 amide bonds. The van der Waals surface area contributed by atoms with E-state index in [2.05, 4.69) is 13.2 Å². The monoisotopic (exact) mass is 381 g/mol. The van der Waals surface area contributed by atoms with E-state index >= 15 is 0 Å². The minimum Gasteiger partial charge on any atom is -0.449 e. The second kappa shape index (κ2) is 8.89. The zero-order chi connectivity index (χ0) is 20.1. The number of carbonyl (C=O) groups is 2. The highest BCUT2D eigenvalue weighted by molar-refractivity contribution is 5.82. The average Bonchev–Trinajstić information content (AvgIpc) is 3.28. The molecule has 2 saturated heterocycles. The Labute approximate surface area is 161 Å². The number of likely N-dealkylation sites (tertiary alicyclic amines) is 1. The van der Waals surface area contributed by atoms with Crippen LogP contribution >= 0.6 is 0 Å². The molecule has 2 aliphatic rings. The van der Waals surface area contributed by atoms with Crippen LogP contribution in [0.15, 0.2) is 25.3 Å². The Morgan fingerprint density at radius 3 is 2.41 bits per heavy atom. The van der Waals surface area contributed by atoms with E-state index < -0.39 is 23.3 Å². The summed E-state index contributed by atoms with van der Waals surface area (Å²) in [4.78, 5) is 26.4. The summed E-state index contributed by atoms with van der Waals surface area (Å²) in [7, 11) is 0. The molecule has 2 rings (SSSR count). The second-order valence-corrected chi connectivity index (χ2v) is 7.83. The van der Waals surface area contributed by atoms with E-state index in [1.807, 2.05) is 20.8 Å². The number of nitrogens with zero attached hydrogens (tertiary/aromatic N) is 1. The molecule has 0 aromatic carbocycles. The van der Waals surface area contributed by atoms with Crippen LogP contribution in [0.5, 0.6) is 0 Å². The van der Waals surface area contributed by atoms with E-state index in [0.29, 0.717) is 39.0 Å². The molecule has 7 heteroatoms. The predicted octanol–water partition coefficient (Wildman–Crippen LogP) is 3.19. The minimum absolute atomic E-state index is 0.344. The van der Waals surface area contributed by atoms with Crippen molar-refractivity contribution in [2.75, 3.05) is 19.8 Å². The number of ether oxygens (including phenoxy) is 4. The molecule has 0 aromatic rings. The molecule has 0 bridgehead atoms. The van der Waals surface area contributed by atoms with Crippen molar-refractivity contribution < 1.29 is 28.5 Å². The first-order valence-electron chi connectivity index (χ1n) is 9.42. The van der Waals surface area contributed by atoms with Gasteiger partial charge in [0.25, 0.3) is 0 Å². The van der Waals surface area contributed by atoms with Crippen LogP contribution in [0.25, 0.3) is 0 Å². The second-order valence-electron chi connectivity index (χ2n) is 7.83. The van der Waals surface area contributed by atoms with E-state index in [-0.39, 0.29) is 12.3 Å². The number of rotatable bonds is 7. The Bertz CT molecular complexity index is 563. The molecular formula is C20H31NO6. The third kappa shape index (κ3) is 5.56. The molecule has 0 unspecified atom stereocenters. The predicted molar refractivity (Wildman–Crippen MR) is 100 cm³/mol. The largest absolute Gasteiger partial charge is 0.449 e. The molecule has 0 aliphatic carbocycles. The Balaban J connectivity index is 2.23. The van der Waals surface area contributed by atoms with Gasteiger partial charge in [0.2, 0.25) is 0 Å². The van der Waals surface area contributed by atoms with Crippen LogP contribution in [0.1, 0.15) is 46.5 Å². The van der Waals surface area contributed by atoms with Gasteiger partial charge in [-0.1, -0.05) is 13.2 Å². The number of hydrogen-bond donors (Lipinski definition) is 0. The van der Waals surface area contributed by atoms with Gasteiger partial charge >= 0.3 is 12.1 Å². The van der Waals surface area contributed by atoms with Gasteiger partial charge in [0.05, 0.1) is 19.3 Å². The van der Waals surface area contributed by atoms with Gasteiger partial charge in [0.15, 0.2) is 11.9 Å². The summed E-state index contributed by atoms with van der Waals surface area (Å²) in [5.41, 5.74) is -1.67. The Morgan fingerprint density at radius 1 is 1.19 bits per heavy atom. The fourth-order valence-corrected chi connectivity index (χ4v) is 3.53. The summed E-state index contributed by atoms with van der Waals surface area (Å²) < 4.78 is 22.3. The summed E-state index contributed by atoms with van der Waals surface area (Å²) in [5, 5.41) is 0. The standard InChI is InChI=1S/C20H31NO6/c1-6-16(22)26-20(7-2,11-10-17-24-13-14-25-17)15-9-8-12-21(15)18(23)27-19(3,4)5/h6-7,15,17H,1-2,8-14H2,3-5H3/t15-,20+/m0/s1. The topological polar surface area (TPSA) is 74.3 Å². The lowest BCUT2D eigenvalue weighted by Gasteiger charge is -2.40. The van der Waals surface area contributed by atoms with Crippen LogP contribution in [0.4, 0.5) is 4.79 Å². The zero-order valence-electron chi connectivity index (χ0n) is 16.6. The normalized spacial score (nSPS) is 22.9. The fraction of sp³-hybridized carbons (Fsp3) is 0.700. The van der Waals surface area contributed by atoms with Crippen molar-refractivity contribution in [3.8, 4) is 0 Å². The van der Waals surface area contributed by atoms with Crippen molar-refractivity contribution in [3.05, 3.63) is 25.3 Å². The molecule has 0 spiro atoms. The highest BCUT2D eigenvalue weighted by Gasteiger charge is 2.48. The lowest BCUT2D eigenvalue weighted by molar-refractivity contribution is -0.157. The minimum atomic E-state index is -1.06. The number of carbonyl (C=O) groups excluding carboxylic acids is 2. The Hall–Kier alpha value is -1.86. The first-order valence-corrected chi connectivity index (χ1v) is 9.42. The molecule has 0 aromatic heterocycles. The van der Waals surface area contributed by atoms with Gasteiger partial charge in [-0.15, -0.1) is 0 Å². The third-order valence-corrected chi connectivity index (χ3v) is 4.71. The zero-order valence-corrected chi connectivity index (χ0v) is 16.6. The van der Waals surface area contributed by atoms with Crippen molar-refractivity contribution >= 4 is 12.1 Å². The summed E-state index contributed by atoms with van der Waals surface area (Å²) in [6, 6.07) is -0.366. The van der Waals surface area contributed by atoms with Crippen LogP contribution < -0.4 is 0 Å².